The zero-order valence-corrected chi connectivity index (χ0v) is 76.4. The summed E-state index contributed by atoms with van der Waals surface area (Å²) in [5.74, 6) is 7.94. The van der Waals surface area contributed by atoms with Gasteiger partial charge in [0.05, 0.1) is 87.4 Å². The molecule has 4 aromatic rings. The molecule has 7 rings (SSSR count). The van der Waals surface area contributed by atoms with Gasteiger partial charge in [-0.05, 0) is 71.9 Å². The second-order valence-electron chi connectivity index (χ2n) is 26.7. The molecule has 3 aliphatic rings. The van der Waals surface area contributed by atoms with Crippen LogP contribution in [0.25, 0.3) is 41.8 Å². The first-order valence-corrected chi connectivity index (χ1v) is 47.6. The molecule has 18 N–H and O–H groups in total. The molecule has 744 valence electrons. The summed E-state index contributed by atoms with van der Waals surface area (Å²) in [5, 5.41) is 24.3. The van der Waals surface area contributed by atoms with E-state index < -0.39 is 177 Å². The van der Waals surface area contributed by atoms with Gasteiger partial charge in [-0.3, -0.25) is 56.5 Å². The van der Waals surface area contributed by atoms with Crippen LogP contribution in [0.2, 0.25) is 0 Å². The van der Waals surface area contributed by atoms with Gasteiger partial charge in [0.2, 0.25) is 11.8 Å². The normalized spacial score (nSPS) is 18.2. The number of hydrogen-bond acceptors (Lipinski definition) is 40. The van der Waals surface area contributed by atoms with E-state index >= 15 is 0 Å². The quantitative estimate of drug-likeness (QED) is 0.00573. The lowest BCUT2D eigenvalue weighted by Gasteiger charge is -2.21. The van der Waals surface area contributed by atoms with Crippen LogP contribution in [0.5, 0.6) is 11.5 Å². The first-order chi connectivity index (χ1) is 64.2. The molecule has 0 saturated carbocycles. The number of phosphoric ester groups is 2. The number of rotatable bonds is 53. The van der Waals surface area contributed by atoms with Gasteiger partial charge in [-0.15, -0.1) is 5.06 Å². The van der Waals surface area contributed by atoms with Crippen molar-refractivity contribution in [2.24, 2.45) is 26.2 Å². The smallest absolute Gasteiger partial charge is 0.490 e. The van der Waals surface area contributed by atoms with Gasteiger partial charge < -0.3 is 135 Å². The Morgan fingerprint density at radius 3 is 1.35 bits per heavy atom. The molecule has 3 fully saturated rings. The number of hydrogen-bond donors (Lipinski definition) is 15. The Balaban J connectivity index is 0.000000430. The summed E-state index contributed by atoms with van der Waals surface area (Å²) in [5.41, 5.74) is 51.7. The summed E-state index contributed by atoms with van der Waals surface area (Å²) in [6.07, 6.45) is -6.23. The Labute approximate surface area is 766 Å². The van der Waals surface area contributed by atoms with Crippen molar-refractivity contribution in [1.82, 2.24) is 35.5 Å². The molecule has 2 aromatic carbocycles. The number of nitrogen functional groups attached to an aromatic ring is 2. The molecular formula is C67H90N22O41P6. The summed E-state index contributed by atoms with van der Waals surface area (Å²) < 4.78 is 151. The average Bonchev–Trinajstić information content (AvgIpc) is 1.66. The molecule has 63 nitrogen and oxygen atoms in total. The summed E-state index contributed by atoms with van der Waals surface area (Å²) in [6, 6.07) is 14.6. The minimum atomic E-state index is -5.82. The van der Waals surface area contributed by atoms with E-state index in [1.54, 1.807) is 36.4 Å². The average molecular weight is 2050 g/mol. The minimum absolute atomic E-state index is 0.0221. The highest BCUT2D eigenvalue weighted by Crippen LogP contribution is 2.67. The maximum absolute atomic E-state index is 12.9. The lowest BCUT2D eigenvalue weighted by Crippen LogP contribution is -2.30. The molecule has 5 heterocycles. The van der Waals surface area contributed by atoms with Crippen molar-refractivity contribution < 1.29 is 183 Å². The van der Waals surface area contributed by atoms with Crippen LogP contribution in [0.15, 0.2) is 103 Å². The highest BCUT2D eigenvalue weighted by Gasteiger charge is 2.46. The van der Waals surface area contributed by atoms with Gasteiger partial charge in [0.15, 0.2) is 12.5 Å². The van der Waals surface area contributed by atoms with E-state index in [1.807, 2.05) is 0 Å². The molecule has 0 spiro atoms. The zero-order valence-electron chi connectivity index (χ0n) is 71.0. The second kappa shape index (κ2) is 57.5. The van der Waals surface area contributed by atoms with Crippen molar-refractivity contribution in [2.75, 3.05) is 124 Å². The molecule has 6 amide bonds. The number of anilines is 2. The van der Waals surface area contributed by atoms with Crippen molar-refractivity contribution in [2.45, 2.75) is 102 Å². The van der Waals surface area contributed by atoms with Gasteiger partial charge in [-0.1, -0.05) is 56.3 Å². The number of ketones is 1. The zero-order chi connectivity index (χ0) is 101. The molecule has 0 aliphatic carbocycles. The number of carbonyl (C=O) groups is 8. The Bertz CT molecular complexity index is 5610. The Morgan fingerprint density at radius 2 is 0.971 bits per heavy atom. The molecule has 0 bridgehead atoms. The monoisotopic (exact) mass is 2040 g/mol. The largest absolute Gasteiger partial charge is 0.491 e. The number of pyridine rings is 2. The van der Waals surface area contributed by atoms with Crippen LogP contribution in [-0.4, -0.2) is 250 Å². The first kappa shape index (κ1) is 115. The lowest BCUT2D eigenvalue weighted by molar-refractivity contribution is -0.195. The Kier molecular flexibility index (Phi) is 48.7. The number of carbonyl (C=O) groups excluding carboxylic acids is 8. The Hall–Kier alpha value is -11.5. The van der Waals surface area contributed by atoms with E-state index in [1.165, 1.54) is 31.5 Å². The van der Waals surface area contributed by atoms with E-state index in [4.69, 9.17) is 106 Å². The minimum Gasteiger partial charge on any atom is -0.491 e. The van der Waals surface area contributed by atoms with E-state index in [0.29, 0.717) is 53.6 Å². The van der Waals surface area contributed by atoms with Crippen LogP contribution in [0.4, 0.5) is 11.4 Å². The van der Waals surface area contributed by atoms with E-state index in [9.17, 15) is 94.9 Å². The number of Topliss-reactive ketones (excluding diaryl/α,β-unsaturated/α-hetero) is 1. The first-order valence-electron chi connectivity index (χ1n) is 38.6. The summed E-state index contributed by atoms with van der Waals surface area (Å²) >= 11 is 0. The van der Waals surface area contributed by atoms with Gasteiger partial charge >= 0.3 is 52.9 Å². The SMILES string of the molecule is CC(=O)CCCNC(=O)c1cccc(OCC(N=[N+]=[N-])OCCOCC(=O)NCC#Cc2cn(C3CC(OCN=[N+]=[N-])C(COP(=O)(O)OP(=O)(O)OP(=O)(O)O)O3)c(=O)cc2N)c1.CC(=O)ON1C(=O)CCC1=O.[N-]=[N+]=NCOC1CC(n2cc(C#CCNC(=O)COCCOC(COc3cccc(C(=O)NCCN)c3)N=[N+]=[N-])c(N)cc2=O)OC1COP(=O)(O)OP(=O)(O)OP(=O)(O)O. The molecule has 12 atom stereocenters. The number of nitrogens with zero attached hydrogens (tertiary/aromatic N) is 15. The standard InChI is InChI=1S/C32H43N10O19P3.C29H40N11O18P3.C6H7NO4/c1-21(43)5-3-10-37-32(46)22-6-2-8-24(13-22)56-19-29(39-41-35)55-12-11-54-18-28(44)36-9-4-7-23-16-42(30(45)14-25(23)33)31-15-26(57-20-38-40-34)27(59-31)17-58-63(50,51)61-64(52,53)60-62(47,48)49;30-6-8-35-29(43)19-3-1-5-21(11-19)53-17-26(37-39-33)52-10-9-51-16-25(41)34-7-2-4-20-14-40(27(42)12-22(20)31)28-13-23(54-18-36-38-32)24(56-28)15-55-60(47,48)58-61(49,50)57-59(44,45)46;1-4(8)11-7-5(9)2-3-6(7)10/h2,6,8,13-14,16,26-27,29,31H,3,5,9-12,15,17-20,33H2,1H3,(H,36,44)(H,37,46)(H,50,51)(H,52,53)(H2,47,48,49);1,3,5,11-12,14,23-24,26,28H,6-10,13,15-18,30-31H2,(H,34,41)(H,35,43)(H,47,48)(H,49,50)(H2,44,45,46);2-3H2,1H3. The summed E-state index contributed by atoms with van der Waals surface area (Å²) in [6.45, 7) is -1.46. The highest BCUT2D eigenvalue weighted by atomic mass is 31.3. The number of azide groups is 4. The van der Waals surface area contributed by atoms with Crippen LogP contribution in [0.1, 0.15) is 96.7 Å². The van der Waals surface area contributed by atoms with E-state index in [2.05, 4.69) is 116 Å². The van der Waals surface area contributed by atoms with Crippen LogP contribution < -0.4 is 59.1 Å². The number of imide groups is 1. The van der Waals surface area contributed by atoms with Crippen molar-refractivity contribution in [3.05, 3.63) is 158 Å². The number of hydroxylamine groups is 2. The second-order valence-corrected chi connectivity index (χ2v) is 35.5. The third-order valence-electron chi connectivity index (χ3n) is 16.4. The molecule has 3 saturated heterocycles. The summed E-state index contributed by atoms with van der Waals surface area (Å²) in [7, 11) is -34.0. The fourth-order valence-corrected chi connectivity index (χ4v) is 16.8. The predicted octanol–water partition coefficient (Wildman–Crippen LogP) is 2.26. The molecule has 136 heavy (non-hydrogen) atoms. The maximum atomic E-state index is 12.9. The fourth-order valence-electron chi connectivity index (χ4n) is 10.8. The third kappa shape index (κ3) is 45.0. The third-order valence-corrected chi connectivity index (χ3v) is 24.0. The van der Waals surface area contributed by atoms with Crippen molar-refractivity contribution in [1.29, 1.82) is 0 Å². The highest BCUT2D eigenvalue weighted by molar-refractivity contribution is 7.67. The van der Waals surface area contributed by atoms with Gasteiger partial charge in [0, 0.05) is 114 Å². The number of phosphoric acid groups is 6. The van der Waals surface area contributed by atoms with Gasteiger partial charge in [0.25, 0.3) is 34.7 Å². The number of nitrogens with two attached hydrogens (primary N) is 3. The van der Waals surface area contributed by atoms with Crippen molar-refractivity contribution in [3.63, 3.8) is 0 Å². The topological polar surface area (TPSA) is 926 Å². The van der Waals surface area contributed by atoms with E-state index in [0.717, 1.165) is 28.2 Å². The van der Waals surface area contributed by atoms with Crippen molar-refractivity contribution >= 4 is 106 Å². The molecule has 12 unspecified atom stereocenters. The van der Waals surface area contributed by atoms with E-state index in [-0.39, 0.29) is 125 Å². The molecular weight excluding hydrogens is 1950 g/mol. The van der Waals surface area contributed by atoms with Crippen LogP contribution >= 0.6 is 46.9 Å². The molecule has 69 heteroatoms. The fraction of sp³-hybridized carbons (Fsp3) is 0.493. The molecule has 3 aliphatic heterocycles. The number of aromatic nitrogens is 2. The summed E-state index contributed by atoms with van der Waals surface area (Å²) in [4.78, 5) is 206. The van der Waals surface area contributed by atoms with Crippen LogP contribution in [-0.2, 0) is 125 Å². The van der Waals surface area contributed by atoms with Crippen molar-refractivity contribution in [3.8, 4) is 35.2 Å². The maximum Gasteiger partial charge on any atom is 0.490 e. The van der Waals surface area contributed by atoms with Crippen LogP contribution in [0, 0.1) is 23.7 Å². The lowest BCUT2D eigenvalue weighted by atomic mass is 10.2. The predicted molar refractivity (Wildman–Crippen MR) is 454 cm³/mol. The molecule has 0 radical (unpaired) electrons. The van der Waals surface area contributed by atoms with Crippen LogP contribution in [0.3, 0.4) is 0 Å². The van der Waals surface area contributed by atoms with Gasteiger partial charge in [-0.2, -0.15) is 17.2 Å². The van der Waals surface area contributed by atoms with Gasteiger partial charge in [0.1, 0.15) is 81.8 Å². The number of nitrogens with one attached hydrogen (secondary N) is 4. The number of ether oxygens (including phenoxy) is 10. The number of benzene rings is 2. The van der Waals surface area contributed by atoms with Gasteiger partial charge in [-0.25, -0.2) is 32.2 Å². The molecule has 2 aromatic heterocycles. The number of amides is 6. The Morgan fingerprint density at radius 1 is 0.559 bits per heavy atom.